The summed E-state index contributed by atoms with van der Waals surface area (Å²) in [6.07, 6.45) is 1.43. The van der Waals surface area contributed by atoms with Crippen LogP contribution in [0.25, 0.3) is 0 Å². The van der Waals surface area contributed by atoms with Gasteiger partial charge in [-0.05, 0) is 85.8 Å². The molecule has 0 unspecified atom stereocenters. The number of carboxylic acids is 1. The second-order valence-electron chi connectivity index (χ2n) is 4.20. The first-order chi connectivity index (χ1) is 8.91. The number of amides is 1. The summed E-state index contributed by atoms with van der Waals surface area (Å²) in [6, 6.07) is 1.95. The molecule has 1 fully saturated rings. The van der Waals surface area contributed by atoms with Crippen LogP contribution in [0.4, 0.5) is 5.69 Å². The number of carbonyl (C=O) groups is 2. The van der Waals surface area contributed by atoms with E-state index in [-0.39, 0.29) is 12.3 Å². The van der Waals surface area contributed by atoms with Crippen LogP contribution >= 0.6 is 67.8 Å². The molecule has 7 heteroatoms. The summed E-state index contributed by atoms with van der Waals surface area (Å²) in [4.78, 5) is 24.6. The van der Waals surface area contributed by atoms with Crippen LogP contribution in [0.3, 0.4) is 0 Å². The van der Waals surface area contributed by atoms with Crippen molar-refractivity contribution in [2.24, 2.45) is 0 Å². The van der Waals surface area contributed by atoms with E-state index in [0.29, 0.717) is 6.42 Å². The fourth-order valence-electron chi connectivity index (χ4n) is 2.06. The molecule has 0 radical (unpaired) electrons. The average molecular weight is 597 g/mol. The summed E-state index contributed by atoms with van der Waals surface area (Å²) in [6.45, 7) is 0.720. The molecule has 0 aliphatic carbocycles. The van der Waals surface area contributed by atoms with Crippen LogP contribution in [0, 0.1) is 10.7 Å². The molecule has 0 spiro atoms. The SMILES string of the molecule is O=C(O)Cc1c(I)cc(I)c(N2CCCC2=O)c1I. The zero-order valence-corrected chi connectivity index (χ0v) is 16.2. The number of aliphatic carboxylic acids is 1. The van der Waals surface area contributed by atoms with Crippen molar-refractivity contribution in [3.05, 3.63) is 22.3 Å². The molecule has 0 saturated carbocycles. The van der Waals surface area contributed by atoms with E-state index in [1.54, 1.807) is 4.90 Å². The predicted octanol–water partition coefficient (Wildman–Crippen LogP) is 3.25. The molecule has 1 N–H and O–H groups in total. The zero-order chi connectivity index (χ0) is 14.2. The maximum atomic E-state index is 11.9. The van der Waals surface area contributed by atoms with E-state index in [0.717, 1.165) is 34.9 Å². The Balaban J connectivity index is 2.54. The number of benzene rings is 1. The van der Waals surface area contributed by atoms with Gasteiger partial charge in [0.25, 0.3) is 0 Å². The fraction of sp³-hybridized carbons (Fsp3) is 0.333. The number of carboxylic acid groups (broad SMARTS) is 1. The van der Waals surface area contributed by atoms with Crippen LogP contribution in [-0.4, -0.2) is 23.5 Å². The quantitative estimate of drug-likeness (QED) is 0.546. The fourth-order valence-corrected chi connectivity index (χ4v) is 6.40. The highest BCUT2D eigenvalue weighted by Gasteiger charge is 2.27. The molecule has 2 rings (SSSR count). The number of rotatable bonds is 3. The van der Waals surface area contributed by atoms with E-state index >= 15 is 0 Å². The van der Waals surface area contributed by atoms with Crippen molar-refractivity contribution >= 4 is 85.3 Å². The highest BCUT2D eigenvalue weighted by Crippen LogP contribution is 2.36. The molecule has 0 atom stereocenters. The Morgan fingerprint density at radius 3 is 2.53 bits per heavy atom. The van der Waals surface area contributed by atoms with Gasteiger partial charge in [0.15, 0.2) is 0 Å². The van der Waals surface area contributed by atoms with Crippen LogP contribution in [0.2, 0.25) is 0 Å². The van der Waals surface area contributed by atoms with Crippen LogP contribution in [0.1, 0.15) is 18.4 Å². The van der Waals surface area contributed by atoms with Crippen LogP contribution < -0.4 is 4.90 Å². The lowest BCUT2D eigenvalue weighted by Crippen LogP contribution is -2.26. The smallest absolute Gasteiger partial charge is 0.307 e. The second kappa shape index (κ2) is 6.41. The Bertz CT molecular complexity index is 560. The van der Waals surface area contributed by atoms with E-state index in [9.17, 15) is 9.59 Å². The molecular formula is C12H10I3NO3. The number of anilines is 1. The molecule has 1 saturated heterocycles. The summed E-state index contributed by atoms with van der Waals surface area (Å²) < 4.78 is 2.81. The minimum absolute atomic E-state index is 0.0114. The minimum atomic E-state index is -0.851. The van der Waals surface area contributed by atoms with Gasteiger partial charge in [-0.25, -0.2) is 0 Å². The van der Waals surface area contributed by atoms with Gasteiger partial charge in [-0.15, -0.1) is 0 Å². The van der Waals surface area contributed by atoms with E-state index in [4.69, 9.17) is 5.11 Å². The van der Waals surface area contributed by atoms with Crippen molar-refractivity contribution in [1.82, 2.24) is 0 Å². The molecule has 19 heavy (non-hydrogen) atoms. The largest absolute Gasteiger partial charge is 0.481 e. The zero-order valence-electron chi connectivity index (χ0n) is 9.75. The van der Waals surface area contributed by atoms with E-state index in [1.165, 1.54) is 0 Å². The van der Waals surface area contributed by atoms with Gasteiger partial charge >= 0.3 is 5.97 Å². The van der Waals surface area contributed by atoms with E-state index in [2.05, 4.69) is 67.8 Å². The van der Waals surface area contributed by atoms with Crippen molar-refractivity contribution < 1.29 is 14.7 Å². The van der Waals surface area contributed by atoms with Crippen molar-refractivity contribution in [3.8, 4) is 0 Å². The Kier molecular flexibility index (Phi) is 5.31. The summed E-state index contributed by atoms with van der Waals surface area (Å²) >= 11 is 6.52. The van der Waals surface area contributed by atoms with Crippen LogP contribution in [0.15, 0.2) is 6.07 Å². The number of hydrogen-bond acceptors (Lipinski definition) is 2. The normalized spacial score (nSPS) is 15.1. The lowest BCUT2D eigenvalue weighted by Gasteiger charge is -2.22. The van der Waals surface area contributed by atoms with Gasteiger partial charge in [-0.1, -0.05) is 0 Å². The van der Waals surface area contributed by atoms with Crippen molar-refractivity contribution in [2.45, 2.75) is 19.3 Å². The summed E-state index contributed by atoms with van der Waals surface area (Å²) in [7, 11) is 0. The summed E-state index contributed by atoms with van der Waals surface area (Å²) in [5.41, 5.74) is 1.67. The molecule has 1 heterocycles. The number of carbonyl (C=O) groups excluding carboxylic acids is 1. The van der Waals surface area contributed by atoms with E-state index < -0.39 is 5.97 Å². The third-order valence-corrected chi connectivity index (χ3v) is 5.86. The molecule has 0 aromatic heterocycles. The highest BCUT2D eigenvalue weighted by molar-refractivity contribution is 14.1. The van der Waals surface area contributed by atoms with Crippen LogP contribution in [0.5, 0.6) is 0 Å². The second-order valence-corrected chi connectivity index (χ2v) is 7.60. The average Bonchev–Trinajstić information content (AvgIpc) is 2.71. The Labute approximate surface area is 151 Å². The monoisotopic (exact) mass is 597 g/mol. The van der Waals surface area contributed by atoms with E-state index in [1.807, 2.05) is 6.07 Å². The molecular weight excluding hydrogens is 587 g/mol. The first-order valence-corrected chi connectivity index (χ1v) is 8.84. The van der Waals surface area contributed by atoms with Gasteiger partial charge in [0.2, 0.25) is 5.91 Å². The van der Waals surface area contributed by atoms with Gasteiger partial charge < -0.3 is 10.0 Å². The van der Waals surface area contributed by atoms with Crippen LogP contribution in [-0.2, 0) is 16.0 Å². The maximum absolute atomic E-state index is 11.9. The molecule has 1 aromatic rings. The predicted molar refractivity (Wildman–Crippen MR) is 97.5 cm³/mol. The van der Waals surface area contributed by atoms with Gasteiger partial charge in [-0.3, -0.25) is 9.59 Å². The maximum Gasteiger partial charge on any atom is 0.307 e. The molecule has 1 amide bonds. The Morgan fingerprint density at radius 1 is 1.32 bits per heavy atom. The standard InChI is InChI=1S/C12H10I3NO3/c13-7-5-8(14)12(16-3-1-2-9(16)17)11(15)6(7)4-10(18)19/h5H,1-4H2,(H,18,19). The summed E-state index contributed by atoms with van der Waals surface area (Å²) in [5.74, 6) is -0.728. The number of nitrogens with zero attached hydrogens (tertiary/aromatic N) is 1. The third kappa shape index (κ3) is 3.34. The van der Waals surface area contributed by atoms with Gasteiger partial charge in [0.05, 0.1) is 12.1 Å². The first-order valence-electron chi connectivity index (χ1n) is 5.60. The topological polar surface area (TPSA) is 57.6 Å². The van der Waals surface area contributed by atoms with Crippen molar-refractivity contribution in [2.75, 3.05) is 11.4 Å². The molecule has 1 aromatic carbocycles. The minimum Gasteiger partial charge on any atom is -0.481 e. The lowest BCUT2D eigenvalue weighted by molar-refractivity contribution is -0.136. The first kappa shape index (κ1) is 15.7. The van der Waals surface area contributed by atoms with Gasteiger partial charge in [0.1, 0.15) is 0 Å². The molecule has 102 valence electrons. The molecule has 1 aliphatic heterocycles. The van der Waals surface area contributed by atoms with Gasteiger partial charge in [0, 0.05) is 23.7 Å². The Hall–Kier alpha value is 0.350. The highest BCUT2D eigenvalue weighted by atomic mass is 127. The molecule has 4 nitrogen and oxygen atoms in total. The third-order valence-electron chi connectivity index (χ3n) is 2.91. The number of halogens is 3. The van der Waals surface area contributed by atoms with Crippen molar-refractivity contribution in [1.29, 1.82) is 0 Å². The summed E-state index contributed by atoms with van der Waals surface area (Å²) in [5, 5.41) is 9.00. The molecule has 0 bridgehead atoms. The molecule has 1 aliphatic rings. The lowest BCUT2D eigenvalue weighted by atomic mass is 10.1. The number of hydrogen-bond donors (Lipinski definition) is 1. The van der Waals surface area contributed by atoms with Gasteiger partial charge in [-0.2, -0.15) is 0 Å². The van der Waals surface area contributed by atoms with Crippen molar-refractivity contribution in [3.63, 3.8) is 0 Å². The Morgan fingerprint density at radius 2 is 2.00 bits per heavy atom.